The van der Waals surface area contributed by atoms with Gasteiger partial charge >= 0.3 is 6.03 Å². The SMILES string of the molecule is O=C(Nc1cccc(Cl)c1)N1CCc2ccccc21. The Hall–Kier alpha value is -2.00. The van der Waals surface area contributed by atoms with E-state index in [1.165, 1.54) is 5.56 Å². The second kappa shape index (κ2) is 4.94. The van der Waals surface area contributed by atoms with Crippen LogP contribution in [0, 0.1) is 0 Å². The molecule has 0 saturated heterocycles. The first-order valence-electron chi connectivity index (χ1n) is 6.16. The molecule has 0 aliphatic carbocycles. The number of para-hydroxylation sites is 1. The van der Waals surface area contributed by atoms with Crippen molar-refractivity contribution in [2.75, 3.05) is 16.8 Å². The zero-order valence-electron chi connectivity index (χ0n) is 10.3. The maximum Gasteiger partial charge on any atom is 0.326 e. The van der Waals surface area contributed by atoms with Gasteiger partial charge in [-0.1, -0.05) is 35.9 Å². The molecule has 4 heteroatoms. The van der Waals surface area contributed by atoms with E-state index in [-0.39, 0.29) is 6.03 Å². The van der Waals surface area contributed by atoms with E-state index < -0.39 is 0 Å². The number of rotatable bonds is 1. The lowest BCUT2D eigenvalue weighted by molar-refractivity contribution is 0.257. The second-order valence-corrected chi connectivity index (χ2v) is 4.91. The van der Waals surface area contributed by atoms with E-state index >= 15 is 0 Å². The Morgan fingerprint density at radius 2 is 2.00 bits per heavy atom. The van der Waals surface area contributed by atoms with Crippen molar-refractivity contribution in [3.8, 4) is 0 Å². The highest BCUT2D eigenvalue weighted by atomic mass is 35.5. The van der Waals surface area contributed by atoms with Crippen molar-refractivity contribution < 1.29 is 4.79 Å². The summed E-state index contributed by atoms with van der Waals surface area (Å²) < 4.78 is 0. The molecule has 96 valence electrons. The molecule has 0 spiro atoms. The van der Waals surface area contributed by atoms with Gasteiger partial charge in [-0.2, -0.15) is 0 Å². The quantitative estimate of drug-likeness (QED) is 0.838. The molecule has 0 saturated carbocycles. The third kappa shape index (κ3) is 2.42. The molecule has 19 heavy (non-hydrogen) atoms. The average molecular weight is 273 g/mol. The van der Waals surface area contributed by atoms with E-state index in [1.807, 2.05) is 30.3 Å². The van der Waals surface area contributed by atoms with Gasteiger partial charge in [-0.3, -0.25) is 4.90 Å². The third-order valence-electron chi connectivity index (χ3n) is 3.21. The van der Waals surface area contributed by atoms with Gasteiger partial charge in [0.05, 0.1) is 0 Å². The lowest BCUT2D eigenvalue weighted by Crippen LogP contribution is -2.33. The van der Waals surface area contributed by atoms with Crippen molar-refractivity contribution in [3.05, 3.63) is 59.1 Å². The number of carbonyl (C=O) groups is 1. The van der Waals surface area contributed by atoms with Crippen LogP contribution in [0.2, 0.25) is 5.02 Å². The first-order chi connectivity index (χ1) is 9.24. The molecule has 1 aliphatic heterocycles. The average Bonchev–Trinajstić information content (AvgIpc) is 2.82. The highest BCUT2D eigenvalue weighted by molar-refractivity contribution is 6.30. The number of benzene rings is 2. The maximum absolute atomic E-state index is 12.3. The summed E-state index contributed by atoms with van der Waals surface area (Å²) in [6, 6.07) is 15.0. The lowest BCUT2D eigenvalue weighted by Gasteiger charge is -2.18. The molecule has 0 atom stereocenters. The fourth-order valence-corrected chi connectivity index (χ4v) is 2.50. The molecule has 2 amide bonds. The maximum atomic E-state index is 12.3. The predicted molar refractivity (Wildman–Crippen MR) is 78.0 cm³/mol. The molecular weight excluding hydrogens is 260 g/mol. The van der Waals surface area contributed by atoms with Gasteiger partial charge in [-0.05, 0) is 36.2 Å². The number of halogens is 1. The molecule has 1 heterocycles. The fourth-order valence-electron chi connectivity index (χ4n) is 2.31. The molecule has 3 nitrogen and oxygen atoms in total. The Bertz CT molecular complexity index is 627. The Morgan fingerprint density at radius 1 is 1.16 bits per heavy atom. The molecular formula is C15H13ClN2O. The van der Waals surface area contributed by atoms with Gasteiger partial charge < -0.3 is 5.32 Å². The zero-order chi connectivity index (χ0) is 13.2. The molecule has 1 N–H and O–H groups in total. The Balaban J connectivity index is 1.79. The van der Waals surface area contributed by atoms with Crippen LogP contribution in [0.4, 0.5) is 16.2 Å². The number of hydrogen-bond donors (Lipinski definition) is 1. The van der Waals surface area contributed by atoms with Gasteiger partial charge in [0.1, 0.15) is 0 Å². The third-order valence-corrected chi connectivity index (χ3v) is 3.44. The number of amides is 2. The van der Waals surface area contributed by atoms with Crippen LogP contribution in [0.25, 0.3) is 0 Å². The summed E-state index contributed by atoms with van der Waals surface area (Å²) in [7, 11) is 0. The molecule has 0 aromatic heterocycles. The smallest absolute Gasteiger partial charge is 0.307 e. The summed E-state index contributed by atoms with van der Waals surface area (Å²) in [4.78, 5) is 14.0. The Kier molecular flexibility index (Phi) is 3.13. The summed E-state index contributed by atoms with van der Waals surface area (Å²) in [5, 5.41) is 3.48. The first kappa shape index (κ1) is 12.1. The van der Waals surface area contributed by atoms with Crippen molar-refractivity contribution in [3.63, 3.8) is 0 Å². The summed E-state index contributed by atoms with van der Waals surface area (Å²) in [6.07, 6.45) is 0.902. The van der Waals surface area contributed by atoms with Crippen LogP contribution in [0.15, 0.2) is 48.5 Å². The Morgan fingerprint density at radius 3 is 2.84 bits per heavy atom. The monoisotopic (exact) mass is 272 g/mol. The van der Waals surface area contributed by atoms with Gasteiger partial charge in [0.2, 0.25) is 0 Å². The lowest BCUT2D eigenvalue weighted by atomic mass is 10.2. The van der Waals surface area contributed by atoms with Crippen molar-refractivity contribution in [2.24, 2.45) is 0 Å². The predicted octanol–water partition coefficient (Wildman–Crippen LogP) is 3.93. The number of fused-ring (bicyclic) bond motifs is 1. The van der Waals surface area contributed by atoms with E-state index in [9.17, 15) is 4.79 Å². The Labute approximate surface area is 116 Å². The molecule has 1 aliphatic rings. The number of nitrogens with one attached hydrogen (secondary N) is 1. The molecule has 0 unspecified atom stereocenters. The van der Waals surface area contributed by atoms with Crippen molar-refractivity contribution in [1.29, 1.82) is 0 Å². The van der Waals surface area contributed by atoms with Gasteiger partial charge in [0.15, 0.2) is 0 Å². The molecule has 0 bridgehead atoms. The van der Waals surface area contributed by atoms with Crippen LogP contribution < -0.4 is 10.2 Å². The topological polar surface area (TPSA) is 32.3 Å². The summed E-state index contributed by atoms with van der Waals surface area (Å²) in [6.45, 7) is 0.714. The molecule has 0 radical (unpaired) electrons. The van der Waals surface area contributed by atoms with Crippen LogP contribution in [0.5, 0.6) is 0 Å². The molecule has 0 fully saturated rings. The van der Waals surface area contributed by atoms with Crippen LogP contribution >= 0.6 is 11.6 Å². The van der Waals surface area contributed by atoms with Crippen molar-refractivity contribution >= 4 is 29.0 Å². The zero-order valence-corrected chi connectivity index (χ0v) is 11.0. The minimum atomic E-state index is -0.118. The summed E-state index contributed by atoms with van der Waals surface area (Å²) >= 11 is 5.90. The fraction of sp³-hybridized carbons (Fsp3) is 0.133. The van der Waals surface area contributed by atoms with Crippen LogP contribution in [-0.4, -0.2) is 12.6 Å². The second-order valence-electron chi connectivity index (χ2n) is 4.47. The number of hydrogen-bond acceptors (Lipinski definition) is 1. The van der Waals surface area contributed by atoms with Gasteiger partial charge in [-0.15, -0.1) is 0 Å². The van der Waals surface area contributed by atoms with Gasteiger partial charge in [0.25, 0.3) is 0 Å². The normalized spacial score (nSPS) is 13.2. The van der Waals surface area contributed by atoms with E-state index in [4.69, 9.17) is 11.6 Å². The van der Waals surface area contributed by atoms with Crippen molar-refractivity contribution in [2.45, 2.75) is 6.42 Å². The highest BCUT2D eigenvalue weighted by Crippen LogP contribution is 2.28. The van der Waals surface area contributed by atoms with Gasteiger partial charge in [-0.25, -0.2) is 4.79 Å². The number of nitrogens with zero attached hydrogens (tertiary/aromatic N) is 1. The molecule has 2 aromatic carbocycles. The van der Waals surface area contributed by atoms with Crippen LogP contribution in [-0.2, 0) is 6.42 Å². The molecule has 3 rings (SSSR count). The van der Waals surface area contributed by atoms with E-state index in [0.717, 1.165) is 12.1 Å². The van der Waals surface area contributed by atoms with Crippen LogP contribution in [0.3, 0.4) is 0 Å². The minimum absolute atomic E-state index is 0.118. The summed E-state index contributed by atoms with van der Waals surface area (Å²) in [5.41, 5.74) is 2.91. The minimum Gasteiger partial charge on any atom is -0.307 e. The van der Waals surface area contributed by atoms with Crippen molar-refractivity contribution in [1.82, 2.24) is 0 Å². The first-order valence-corrected chi connectivity index (χ1v) is 6.54. The van der Waals surface area contributed by atoms with Crippen LogP contribution in [0.1, 0.15) is 5.56 Å². The van der Waals surface area contributed by atoms with Gasteiger partial charge in [0, 0.05) is 22.9 Å². The largest absolute Gasteiger partial charge is 0.326 e. The number of urea groups is 1. The number of carbonyl (C=O) groups excluding carboxylic acids is 1. The number of anilines is 2. The van der Waals surface area contributed by atoms with E-state index in [0.29, 0.717) is 17.3 Å². The summed E-state index contributed by atoms with van der Waals surface area (Å²) in [5.74, 6) is 0. The highest BCUT2D eigenvalue weighted by Gasteiger charge is 2.23. The van der Waals surface area contributed by atoms with E-state index in [2.05, 4.69) is 11.4 Å². The molecule has 2 aromatic rings. The van der Waals surface area contributed by atoms with E-state index in [1.54, 1.807) is 17.0 Å². The standard InChI is InChI=1S/C15H13ClN2O/c16-12-5-3-6-13(10-12)17-15(19)18-9-8-11-4-1-2-7-14(11)18/h1-7,10H,8-9H2,(H,17,19).